The molecule has 1 unspecified atom stereocenters. The van der Waals surface area contributed by atoms with Gasteiger partial charge in [-0.1, -0.05) is 6.42 Å². The van der Waals surface area contributed by atoms with E-state index < -0.39 is 21.0 Å². The number of hydrogen-bond acceptors (Lipinski definition) is 6. The molecule has 2 N–H and O–H groups in total. The molecule has 2 saturated heterocycles. The van der Waals surface area contributed by atoms with Crippen molar-refractivity contribution in [3.8, 4) is 0 Å². The van der Waals surface area contributed by atoms with E-state index in [2.05, 4.69) is 10.6 Å². The van der Waals surface area contributed by atoms with Crippen molar-refractivity contribution in [3.63, 3.8) is 0 Å². The number of rotatable bonds is 6. The Morgan fingerprint density at radius 2 is 1.93 bits per heavy atom. The standard InChI is InChI=1S/C16H22N4O5S.ClH/c21-16(18-11-12-9-17-10-12)15-3-1-2-8-19(15)26(24,25)14-6-4-13(5-7-14)20(22)23;/h4-7,12,15,17H,1-3,8-11H2,(H,18,21);1H. The zero-order valence-electron chi connectivity index (χ0n) is 14.7. The third-order valence-electron chi connectivity index (χ3n) is 4.84. The number of nitro groups is 1. The maximum Gasteiger partial charge on any atom is 0.269 e. The number of nitrogens with one attached hydrogen (secondary N) is 2. The van der Waals surface area contributed by atoms with Crippen molar-refractivity contribution in [2.45, 2.75) is 30.2 Å². The number of benzene rings is 1. The van der Waals surface area contributed by atoms with Crippen molar-refractivity contribution >= 4 is 34.0 Å². The van der Waals surface area contributed by atoms with E-state index >= 15 is 0 Å². The molecule has 1 aromatic rings. The summed E-state index contributed by atoms with van der Waals surface area (Å²) in [5, 5.41) is 16.7. The van der Waals surface area contributed by atoms with E-state index in [1.807, 2.05) is 0 Å². The topological polar surface area (TPSA) is 122 Å². The van der Waals surface area contributed by atoms with Gasteiger partial charge in [-0.2, -0.15) is 4.31 Å². The van der Waals surface area contributed by atoms with Crippen molar-refractivity contribution in [3.05, 3.63) is 34.4 Å². The van der Waals surface area contributed by atoms with E-state index in [4.69, 9.17) is 0 Å². The molecule has 2 fully saturated rings. The quantitative estimate of drug-likeness (QED) is 0.522. The maximum atomic E-state index is 13.0. The van der Waals surface area contributed by atoms with Crippen LogP contribution in [0.15, 0.2) is 29.2 Å². The summed E-state index contributed by atoms with van der Waals surface area (Å²) in [5.41, 5.74) is -0.175. The Morgan fingerprint density at radius 3 is 2.48 bits per heavy atom. The Kier molecular flexibility index (Phi) is 7.15. The van der Waals surface area contributed by atoms with Crippen LogP contribution in [0.3, 0.4) is 0 Å². The molecule has 1 aromatic carbocycles. The molecule has 0 radical (unpaired) electrons. The largest absolute Gasteiger partial charge is 0.354 e. The second-order valence-electron chi connectivity index (χ2n) is 6.65. The van der Waals surface area contributed by atoms with Crippen LogP contribution in [0.5, 0.6) is 0 Å². The number of non-ortho nitro benzene ring substituents is 1. The van der Waals surface area contributed by atoms with Crippen molar-refractivity contribution in [1.29, 1.82) is 0 Å². The minimum Gasteiger partial charge on any atom is -0.354 e. The van der Waals surface area contributed by atoms with E-state index in [-0.39, 0.29) is 35.4 Å². The highest BCUT2D eigenvalue weighted by molar-refractivity contribution is 7.89. The zero-order valence-corrected chi connectivity index (χ0v) is 16.3. The summed E-state index contributed by atoms with van der Waals surface area (Å²) in [6.07, 6.45) is 1.94. The molecule has 11 heteroatoms. The van der Waals surface area contributed by atoms with Crippen LogP contribution < -0.4 is 10.6 Å². The molecule has 0 bridgehead atoms. The molecule has 0 saturated carbocycles. The first kappa shape index (κ1) is 21.5. The lowest BCUT2D eigenvalue weighted by Crippen LogP contribution is -2.54. The predicted octanol–water partition coefficient (Wildman–Crippen LogP) is 0.895. The van der Waals surface area contributed by atoms with Gasteiger partial charge in [0.1, 0.15) is 6.04 Å². The predicted molar refractivity (Wildman–Crippen MR) is 101 cm³/mol. The van der Waals surface area contributed by atoms with Gasteiger partial charge in [0, 0.05) is 44.2 Å². The number of piperidine rings is 1. The van der Waals surface area contributed by atoms with Crippen LogP contribution in [0.25, 0.3) is 0 Å². The molecular weight excluding hydrogens is 396 g/mol. The third kappa shape index (κ3) is 4.75. The normalized spacial score (nSPS) is 21.0. The van der Waals surface area contributed by atoms with Gasteiger partial charge in [0.05, 0.1) is 9.82 Å². The van der Waals surface area contributed by atoms with Gasteiger partial charge < -0.3 is 10.6 Å². The van der Waals surface area contributed by atoms with Crippen LogP contribution in [0.1, 0.15) is 19.3 Å². The summed E-state index contributed by atoms with van der Waals surface area (Å²) in [5.74, 6) is 0.115. The summed E-state index contributed by atoms with van der Waals surface area (Å²) in [4.78, 5) is 22.7. The minimum absolute atomic E-state index is 0. The molecule has 2 aliphatic rings. The highest BCUT2D eigenvalue weighted by Gasteiger charge is 2.38. The lowest BCUT2D eigenvalue weighted by molar-refractivity contribution is -0.384. The summed E-state index contributed by atoms with van der Waals surface area (Å²) in [6.45, 7) is 2.52. The van der Waals surface area contributed by atoms with Gasteiger partial charge in [0.15, 0.2) is 0 Å². The highest BCUT2D eigenvalue weighted by Crippen LogP contribution is 2.26. The first-order chi connectivity index (χ1) is 12.4. The van der Waals surface area contributed by atoms with Gasteiger partial charge in [-0.15, -0.1) is 12.4 Å². The first-order valence-corrected chi connectivity index (χ1v) is 10.1. The summed E-state index contributed by atoms with van der Waals surface area (Å²) in [6, 6.07) is 4.02. The average Bonchev–Trinajstić information content (AvgIpc) is 2.60. The average molecular weight is 419 g/mol. The fraction of sp³-hybridized carbons (Fsp3) is 0.562. The maximum absolute atomic E-state index is 13.0. The van der Waals surface area contributed by atoms with E-state index in [1.54, 1.807) is 0 Å². The molecule has 0 aromatic heterocycles. The molecule has 3 rings (SSSR count). The molecule has 2 heterocycles. The van der Waals surface area contributed by atoms with Gasteiger partial charge in [-0.3, -0.25) is 14.9 Å². The first-order valence-electron chi connectivity index (χ1n) is 8.64. The molecule has 2 aliphatic heterocycles. The molecule has 0 aliphatic carbocycles. The Morgan fingerprint density at radius 1 is 1.26 bits per heavy atom. The van der Waals surface area contributed by atoms with Crippen LogP contribution in [0.4, 0.5) is 5.69 Å². The molecule has 9 nitrogen and oxygen atoms in total. The Bertz CT molecular complexity index is 783. The molecule has 0 spiro atoms. The number of carbonyl (C=O) groups excluding carboxylic acids is 1. The van der Waals surface area contributed by atoms with Gasteiger partial charge in [-0.25, -0.2) is 8.42 Å². The number of carbonyl (C=O) groups is 1. The Labute approximate surface area is 164 Å². The van der Waals surface area contributed by atoms with Crippen LogP contribution in [0, 0.1) is 16.0 Å². The van der Waals surface area contributed by atoms with Crippen molar-refractivity contribution in [1.82, 2.24) is 14.9 Å². The van der Waals surface area contributed by atoms with Gasteiger partial charge in [0.25, 0.3) is 5.69 Å². The molecule has 1 atom stereocenters. The Balaban J connectivity index is 0.00000261. The van der Waals surface area contributed by atoms with Crippen molar-refractivity contribution in [2.24, 2.45) is 5.92 Å². The number of hydrogen-bond donors (Lipinski definition) is 2. The highest BCUT2D eigenvalue weighted by atomic mass is 35.5. The van der Waals surface area contributed by atoms with E-state index in [0.29, 0.717) is 25.3 Å². The van der Waals surface area contributed by atoms with Crippen LogP contribution in [0.2, 0.25) is 0 Å². The summed E-state index contributed by atoms with van der Waals surface area (Å²) < 4.78 is 27.1. The van der Waals surface area contributed by atoms with E-state index in [9.17, 15) is 23.3 Å². The van der Waals surface area contributed by atoms with Crippen molar-refractivity contribution < 1.29 is 18.1 Å². The molecule has 1 amide bonds. The minimum atomic E-state index is -3.89. The summed E-state index contributed by atoms with van der Waals surface area (Å²) >= 11 is 0. The molecular formula is C16H23ClN4O5S. The van der Waals surface area contributed by atoms with Crippen LogP contribution in [-0.4, -0.2) is 55.8 Å². The van der Waals surface area contributed by atoms with Crippen LogP contribution in [-0.2, 0) is 14.8 Å². The lowest BCUT2D eigenvalue weighted by Gasteiger charge is -2.34. The fourth-order valence-electron chi connectivity index (χ4n) is 3.19. The van der Waals surface area contributed by atoms with Gasteiger partial charge in [0.2, 0.25) is 15.9 Å². The fourth-order valence-corrected chi connectivity index (χ4v) is 4.84. The SMILES string of the molecule is Cl.O=C(NCC1CNC1)C1CCCCN1S(=O)(=O)c1ccc([N+](=O)[O-])cc1. The van der Waals surface area contributed by atoms with Gasteiger partial charge >= 0.3 is 0 Å². The van der Waals surface area contributed by atoms with Crippen molar-refractivity contribution in [2.75, 3.05) is 26.2 Å². The number of amides is 1. The number of nitrogens with zero attached hydrogens (tertiary/aromatic N) is 2. The monoisotopic (exact) mass is 418 g/mol. The second-order valence-corrected chi connectivity index (χ2v) is 8.54. The van der Waals surface area contributed by atoms with E-state index in [1.165, 1.54) is 16.4 Å². The lowest BCUT2D eigenvalue weighted by atomic mass is 10.0. The number of halogens is 1. The number of sulfonamides is 1. The molecule has 150 valence electrons. The second kappa shape index (κ2) is 8.96. The molecule has 27 heavy (non-hydrogen) atoms. The third-order valence-corrected chi connectivity index (χ3v) is 6.76. The smallest absolute Gasteiger partial charge is 0.269 e. The zero-order chi connectivity index (χ0) is 18.7. The van der Waals surface area contributed by atoms with Gasteiger partial charge in [-0.05, 0) is 25.0 Å². The Hall–Kier alpha value is -1.75. The van der Waals surface area contributed by atoms with E-state index in [0.717, 1.165) is 31.6 Å². The van der Waals surface area contributed by atoms with Crippen LogP contribution >= 0.6 is 12.4 Å². The number of nitro benzene ring substituents is 1. The summed E-state index contributed by atoms with van der Waals surface area (Å²) in [7, 11) is -3.89.